The van der Waals surface area contributed by atoms with Crippen molar-refractivity contribution in [2.45, 2.75) is 39.5 Å². The van der Waals surface area contributed by atoms with E-state index in [2.05, 4.69) is 26.0 Å². The Bertz CT molecular complexity index is 392. The Balaban J connectivity index is 2.72. The number of rotatable bonds is 11. The minimum Gasteiger partial charge on any atom is -0.490 e. The fourth-order valence-corrected chi connectivity index (χ4v) is 2.07. The lowest BCUT2D eigenvalue weighted by Crippen LogP contribution is -2.23. The maximum Gasteiger partial charge on any atom is 0.161 e. The van der Waals surface area contributed by atoms with Gasteiger partial charge in [0.25, 0.3) is 0 Å². The third kappa shape index (κ3) is 6.36. The van der Waals surface area contributed by atoms with Gasteiger partial charge in [-0.1, -0.05) is 19.9 Å². The van der Waals surface area contributed by atoms with Crippen LogP contribution in [0.2, 0.25) is 0 Å². The summed E-state index contributed by atoms with van der Waals surface area (Å²) >= 11 is 0. The van der Waals surface area contributed by atoms with E-state index in [-0.39, 0.29) is 0 Å². The van der Waals surface area contributed by atoms with Crippen LogP contribution in [0.5, 0.6) is 11.5 Å². The van der Waals surface area contributed by atoms with E-state index >= 15 is 0 Å². The second-order valence-electron chi connectivity index (χ2n) is 5.35. The quantitative estimate of drug-likeness (QED) is 0.658. The first-order valence-corrected chi connectivity index (χ1v) is 8.03. The van der Waals surface area contributed by atoms with Gasteiger partial charge in [-0.2, -0.15) is 0 Å². The van der Waals surface area contributed by atoms with Crippen molar-refractivity contribution in [2.24, 2.45) is 17.4 Å². The molecule has 0 amide bonds. The first-order valence-electron chi connectivity index (χ1n) is 8.03. The second-order valence-corrected chi connectivity index (χ2v) is 5.35. The van der Waals surface area contributed by atoms with E-state index < -0.39 is 0 Å². The molecule has 21 heavy (non-hydrogen) atoms. The molecule has 0 aliphatic heterocycles. The maximum atomic E-state index is 5.81. The van der Waals surface area contributed by atoms with Crippen molar-refractivity contribution in [1.82, 2.24) is 0 Å². The van der Waals surface area contributed by atoms with Crippen LogP contribution in [-0.2, 0) is 6.42 Å². The van der Waals surface area contributed by atoms with Gasteiger partial charge in [0.05, 0.1) is 13.2 Å². The molecular formula is C17H30N2O2. The van der Waals surface area contributed by atoms with Crippen molar-refractivity contribution in [3.05, 3.63) is 23.8 Å². The summed E-state index contributed by atoms with van der Waals surface area (Å²) in [6.07, 6.45) is 3.95. The number of hydrogen-bond acceptors (Lipinski definition) is 4. The zero-order chi connectivity index (χ0) is 15.5. The van der Waals surface area contributed by atoms with E-state index in [0.29, 0.717) is 32.2 Å². The molecule has 4 heteroatoms. The third-order valence-electron chi connectivity index (χ3n) is 3.44. The zero-order valence-electron chi connectivity index (χ0n) is 13.4. The Morgan fingerprint density at radius 3 is 2.14 bits per heavy atom. The summed E-state index contributed by atoms with van der Waals surface area (Å²) in [7, 11) is 0. The van der Waals surface area contributed by atoms with Crippen molar-refractivity contribution in [2.75, 3.05) is 26.3 Å². The minimum atomic E-state index is 0.390. The van der Waals surface area contributed by atoms with Crippen LogP contribution < -0.4 is 20.9 Å². The van der Waals surface area contributed by atoms with Gasteiger partial charge in [-0.3, -0.25) is 0 Å². The molecule has 0 aliphatic carbocycles. The summed E-state index contributed by atoms with van der Waals surface area (Å²) in [6, 6.07) is 6.20. The van der Waals surface area contributed by atoms with Gasteiger partial charge < -0.3 is 20.9 Å². The summed E-state index contributed by atoms with van der Waals surface area (Å²) < 4.78 is 11.6. The number of hydrogen-bond donors (Lipinski definition) is 2. The molecule has 1 aromatic rings. The predicted molar refractivity (Wildman–Crippen MR) is 87.9 cm³/mol. The SMILES string of the molecule is CCCOc1ccc(CCC(CN)CN)cc1OCCC. The van der Waals surface area contributed by atoms with Gasteiger partial charge in [-0.05, 0) is 62.4 Å². The van der Waals surface area contributed by atoms with Gasteiger partial charge in [0.15, 0.2) is 11.5 Å². The van der Waals surface area contributed by atoms with Gasteiger partial charge >= 0.3 is 0 Å². The lowest BCUT2D eigenvalue weighted by Gasteiger charge is -2.15. The van der Waals surface area contributed by atoms with E-state index in [1.54, 1.807) is 0 Å². The van der Waals surface area contributed by atoms with E-state index in [1.165, 1.54) is 5.56 Å². The highest BCUT2D eigenvalue weighted by atomic mass is 16.5. The van der Waals surface area contributed by atoms with Gasteiger partial charge in [-0.15, -0.1) is 0 Å². The first kappa shape index (κ1) is 17.8. The highest BCUT2D eigenvalue weighted by Crippen LogP contribution is 2.29. The normalized spacial score (nSPS) is 10.9. The molecule has 120 valence electrons. The zero-order valence-corrected chi connectivity index (χ0v) is 13.4. The maximum absolute atomic E-state index is 5.81. The van der Waals surface area contributed by atoms with Crippen LogP contribution in [0.4, 0.5) is 0 Å². The smallest absolute Gasteiger partial charge is 0.161 e. The van der Waals surface area contributed by atoms with Crippen LogP contribution in [-0.4, -0.2) is 26.3 Å². The molecule has 0 aliphatic rings. The Labute approximate surface area is 128 Å². The lowest BCUT2D eigenvalue weighted by atomic mass is 9.99. The Morgan fingerprint density at radius 2 is 1.57 bits per heavy atom. The van der Waals surface area contributed by atoms with E-state index in [0.717, 1.165) is 37.2 Å². The Kier molecular flexibility index (Phi) is 8.87. The predicted octanol–water partition coefficient (Wildman–Crippen LogP) is 2.73. The van der Waals surface area contributed by atoms with Crippen molar-refractivity contribution in [1.29, 1.82) is 0 Å². The molecule has 0 saturated heterocycles. The van der Waals surface area contributed by atoms with Gasteiger partial charge in [-0.25, -0.2) is 0 Å². The van der Waals surface area contributed by atoms with Crippen molar-refractivity contribution < 1.29 is 9.47 Å². The number of aryl methyl sites for hydroxylation is 1. The Hall–Kier alpha value is -1.26. The molecule has 0 spiro atoms. The molecule has 0 bridgehead atoms. The molecule has 4 N–H and O–H groups in total. The minimum absolute atomic E-state index is 0.390. The topological polar surface area (TPSA) is 70.5 Å². The summed E-state index contributed by atoms with van der Waals surface area (Å²) in [5.74, 6) is 2.07. The van der Waals surface area contributed by atoms with E-state index in [4.69, 9.17) is 20.9 Å². The molecule has 0 fully saturated rings. The Morgan fingerprint density at radius 1 is 0.952 bits per heavy atom. The van der Waals surface area contributed by atoms with Crippen LogP contribution in [0, 0.1) is 5.92 Å². The van der Waals surface area contributed by atoms with Gasteiger partial charge in [0.1, 0.15) is 0 Å². The van der Waals surface area contributed by atoms with Crippen LogP contribution in [0.15, 0.2) is 18.2 Å². The summed E-state index contributed by atoms with van der Waals surface area (Å²) in [6.45, 7) is 6.91. The van der Waals surface area contributed by atoms with Crippen molar-refractivity contribution in [3.8, 4) is 11.5 Å². The molecule has 1 aromatic carbocycles. The van der Waals surface area contributed by atoms with E-state index in [1.807, 2.05) is 6.07 Å². The van der Waals surface area contributed by atoms with Crippen LogP contribution in [0.1, 0.15) is 38.7 Å². The highest BCUT2D eigenvalue weighted by molar-refractivity contribution is 5.43. The summed E-state index contributed by atoms with van der Waals surface area (Å²) in [4.78, 5) is 0. The largest absolute Gasteiger partial charge is 0.490 e. The third-order valence-corrected chi connectivity index (χ3v) is 3.44. The average Bonchev–Trinajstić information content (AvgIpc) is 2.52. The van der Waals surface area contributed by atoms with Crippen molar-refractivity contribution in [3.63, 3.8) is 0 Å². The molecule has 0 radical (unpaired) electrons. The second kappa shape index (κ2) is 10.5. The molecule has 0 heterocycles. The van der Waals surface area contributed by atoms with Crippen LogP contribution in [0.3, 0.4) is 0 Å². The summed E-state index contributed by atoms with van der Waals surface area (Å²) in [5, 5.41) is 0. The first-order chi connectivity index (χ1) is 10.2. The van der Waals surface area contributed by atoms with Crippen LogP contribution in [0.25, 0.3) is 0 Å². The van der Waals surface area contributed by atoms with Gasteiger partial charge in [0, 0.05) is 0 Å². The molecule has 0 atom stereocenters. The highest BCUT2D eigenvalue weighted by Gasteiger charge is 2.09. The number of ether oxygens (including phenoxy) is 2. The molecule has 0 unspecified atom stereocenters. The van der Waals surface area contributed by atoms with Gasteiger partial charge in [0.2, 0.25) is 0 Å². The standard InChI is InChI=1S/C17H30N2O2/c1-3-9-20-16-8-7-14(5-6-15(12-18)13-19)11-17(16)21-10-4-2/h7-8,11,15H,3-6,9-10,12-13,18-19H2,1-2H3. The number of benzene rings is 1. The average molecular weight is 294 g/mol. The van der Waals surface area contributed by atoms with Crippen LogP contribution >= 0.6 is 0 Å². The molecular weight excluding hydrogens is 264 g/mol. The lowest BCUT2D eigenvalue weighted by molar-refractivity contribution is 0.268. The molecule has 1 rings (SSSR count). The monoisotopic (exact) mass is 294 g/mol. The molecule has 0 saturated carbocycles. The van der Waals surface area contributed by atoms with Crippen molar-refractivity contribution >= 4 is 0 Å². The molecule has 0 aromatic heterocycles. The molecule has 4 nitrogen and oxygen atoms in total. The number of nitrogens with two attached hydrogens (primary N) is 2. The van der Waals surface area contributed by atoms with E-state index in [9.17, 15) is 0 Å². The fraction of sp³-hybridized carbons (Fsp3) is 0.647. The fourth-order valence-electron chi connectivity index (χ4n) is 2.07. The summed E-state index contributed by atoms with van der Waals surface area (Å²) in [5.41, 5.74) is 12.6.